The molecule has 0 amide bonds. The molecule has 2 N–H and O–H groups in total. The fourth-order valence-corrected chi connectivity index (χ4v) is 2.35. The quantitative estimate of drug-likeness (QED) is 0.711. The van der Waals surface area contributed by atoms with Crippen molar-refractivity contribution in [3.05, 3.63) is 77.1 Å². The van der Waals surface area contributed by atoms with E-state index in [0.717, 1.165) is 18.2 Å². The molecule has 0 fully saturated rings. The molecule has 0 aliphatic carbocycles. The zero-order valence-corrected chi connectivity index (χ0v) is 12.5. The predicted molar refractivity (Wildman–Crippen MR) is 83.5 cm³/mol. The predicted octanol–water partition coefficient (Wildman–Crippen LogP) is 3.91. The van der Waals surface area contributed by atoms with Crippen LogP contribution in [0.25, 0.3) is 5.69 Å². The maximum atomic E-state index is 13.6. The number of benzene rings is 2. The number of para-hydroxylation sites is 1. The number of halogens is 3. The Balaban J connectivity index is 1.82. The van der Waals surface area contributed by atoms with Gasteiger partial charge in [0.15, 0.2) is 6.23 Å². The van der Waals surface area contributed by atoms with Crippen LogP contribution in [0.1, 0.15) is 11.8 Å². The molecule has 23 heavy (non-hydrogen) atoms. The highest BCUT2D eigenvalue weighted by atomic mass is 35.5. The number of anilines is 1. The number of aliphatic hydroxyl groups is 1. The molecule has 1 aromatic heterocycles. The van der Waals surface area contributed by atoms with Gasteiger partial charge in [-0.1, -0.05) is 23.7 Å². The third-order valence-electron chi connectivity index (χ3n) is 3.24. The van der Waals surface area contributed by atoms with Gasteiger partial charge in [-0.25, -0.2) is 13.5 Å². The minimum absolute atomic E-state index is 0.185. The molecule has 3 rings (SSSR count). The average molecular weight is 336 g/mol. The van der Waals surface area contributed by atoms with Crippen LogP contribution in [-0.2, 0) is 0 Å². The normalized spacial score (nSPS) is 12.2. The summed E-state index contributed by atoms with van der Waals surface area (Å²) in [5.74, 6) is -1.33. The molecule has 0 aliphatic rings. The third-order valence-corrected chi connectivity index (χ3v) is 3.56. The van der Waals surface area contributed by atoms with E-state index in [4.69, 9.17) is 11.6 Å². The Morgan fingerprint density at radius 2 is 1.96 bits per heavy atom. The Labute approximate surface area is 135 Å². The number of nitrogens with zero attached hydrogens (tertiary/aromatic N) is 2. The van der Waals surface area contributed by atoms with Gasteiger partial charge in [0.2, 0.25) is 0 Å². The van der Waals surface area contributed by atoms with Gasteiger partial charge in [0.1, 0.15) is 11.6 Å². The van der Waals surface area contributed by atoms with E-state index < -0.39 is 17.9 Å². The van der Waals surface area contributed by atoms with E-state index in [1.54, 1.807) is 24.4 Å². The monoisotopic (exact) mass is 335 g/mol. The molecule has 0 saturated carbocycles. The van der Waals surface area contributed by atoms with Crippen molar-refractivity contribution in [2.75, 3.05) is 5.32 Å². The Kier molecular flexibility index (Phi) is 4.27. The summed E-state index contributed by atoms with van der Waals surface area (Å²) in [5.41, 5.74) is 0.908. The van der Waals surface area contributed by atoms with Crippen LogP contribution in [0.2, 0.25) is 5.02 Å². The molecule has 0 radical (unpaired) electrons. The molecule has 4 nitrogen and oxygen atoms in total. The summed E-state index contributed by atoms with van der Waals surface area (Å²) >= 11 is 6.09. The van der Waals surface area contributed by atoms with Crippen LogP contribution in [0.4, 0.5) is 14.5 Å². The number of aliphatic hydroxyl groups excluding tert-OH is 1. The van der Waals surface area contributed by atoms with E-state index >= 15 is 0 Å². The minimum Gasteiger partial charge on any atom is -0.369 e. The summed E-state index contributed by atoms with van der Waals surface area (Å²) in [4.78, 5) is 0. The number of aromatic nitrogens is 2. The van der Waals surface area contributed by atoms with Crippen LogP contribution in [0.5, 0.6) is 0 Å². The van der Waals surface area contributed by atoms with Gasteiger partial charge in [-0.05, 0) is 30.3 Å². The third kappa shape index (κ3) is 3.33. The number of nitrogens with one attached hydrogen (secondary N) is 1. The van der Waals surface area contributed by atoms with E-state index in [-0.39, 0.29) is 5.56 Å². The molecular formula is C16H12ClF2N3O. The first kappa shape index (κ1) is 15.5. The van der Waals surface area contributed by atoms with Gasteiger partial charge in [-0.3, -0.25) is 0 Å². The Hall–Kier alpha value is -2.44. The largest absolute Gasteiger partial charge is 0.369 e. The van der Waals surface area contributed by atoms with Crippen molar-refractivity contribution in [1.82, 2.24) is 9.78 Å². The number of hydrogen-bond acceptors (Lipinski definition) is 3. The van der Waals surface area contributed by atoms with Crippen LogP contribution in [-0.4, -0.2) is 14.9 Å². The van der Waals surface area contributed by atoms with Crippen molar-refractivity contribution < 1.29 is 13.9 Å². The Morgan fingerprint density at radius 1 is 1.17 bits per heavy atom. The molecule has 0 aliphatic heterocycles. The van der Waals surface area contributed by atoms with Crippen LogP contribution in [0, 0.1) is 11.6 Å². The van der Waals surface area contributed by atoms with Crippen molar-refractivity contribution in [3.63, 3.8) is 0 Å². The van der Waals surface area contributed by atoms with Crippen LogP contribution >= 0.6 is 11.6 Å². The standard InChI is InChI=1S/C16H12ClF2N3O/c17-13-3-1-2-4-15(13)22-9-11(8-20-22)21-16(23)12-7-10(18)5-6-14(12)19/h1-9,16,21,23H. The molecule has 3 aromatic rings. The lowest BCUT2D eigenvalue weighted by Crippen LogP contribution is -2.11. The first-order valence-electron chi connectivity index (χ1n) is 6.74. The summed E-state index contributed by atoms with van der Waals surface area (Å²) in [7, 11) is 0. The first-order chi connectivity index (χ1) is 11.0. The molecule has 7 heteroatoms. The van der Waals surface area contributed by atoms with E-state index in [0.29, 0.717) is 16.4 Å². The van der Waals surface area contributed by atoms with Gasteiger partial charge in [-0.2, -0.15) is 5.10 Å². The summed E-state index contributed by atoms with van der Waals surface area (Å²) in [5, 5.41) is 17.3. The molecule has 1 heterocycles. The summed E-state index contributed by atoms with van der Waals surface area (Å²) < 4.78 is 28.3. The number of rotatable bonds is 4. The highest BCUT2D eigenvalue weighted by molar-refractivity contribution is 6.32. The fourth-order valence-electron chi connectivity index (χ4n) is 2.13. The lowest BCUT2D eigenvalue weighted by molar-refractivity contribution is 0.202. The highest BCUT2D eigenvalue weighted by Crippen LogP contribution is 2.23. The van der Waals surface area contributed by atoms with Crippen molar-refractivity contribution in [3.8, 4) is 5.69 Å². The summed E-state index contributed by atoms with van der Waals surface area (Å²) in [6.45, 7) is 0. The summed E-state index contributed by atoms with van der Waals surface area (Å²) in [6.07, 6.45) is 1.63. The van der Waals surface area contributed by atoms with Crippen molar-refractivity contribution in [2.24, 2.45) is 0 Å². The molecule has 2 aromatic carbocycles. The fraction of sp³-hybridized carbons (Fsp3) is 0.0625. The van der Waals surface area contributed by atoms with Gasteiger partial charge >= 0.3 is 0 Å². The second-order valence-electron chi connectivity index (χ2n) is 4.84. The van der Waals surface area contributed by atoms with Crippen LogP contribution in [0.15, 0.2) is 54.9 Å². The zero-order chi connectivity index (χ0) is 16.4. The Morgan fingerprint density at radius 3 is 2.74 bits per heavy atom. The number of hydrogen-bond donors (Lipinski definition) is 2. The Bertz CT molecular complexity index is 838. The second kappa shape index (κ2) is 6.36. The molecule has 118 valence electrons. The van der Waals surface area contributed by atoms with Gasteiger partial charge in [0.05, 0.1) is 28.8 Å². The molecule has 1 atom stereocenters. The van der Waals surface area contributed by atoms with Gasteiger partial charge < -0.3 is 10.4 Å². The smallest absolute Gasteiger partial charge is 0.153 e. The molecule has 0 bridgehead atoms. The lowest BCUT2D eigenvalue weighted by Gasteiger charge is -2.13. The van der Waals surface area contributed by atoms with Crippen molar-refractivity contribution in [2.45, 2.75) is 6.23 Å². The van der Waals surface area contributed by atoms with Crippen LogP contribution < -0.4 is 5.32 Å². The second-order valence-corrected chi connectivity index (χ2v) is 5.24. The molecular weight excluding hydrogens is 324 g/mol. The molecule has 0 spiro atoms. The minimum atomic E-state index is -1.41. The lowest BCUT2D eigenvalue weighted by atomic mass is 10.2. The topological polar surface area (TPSA) is 50.1 Å². The van der Waals surface area contributed by atoms with Crippen LogP contribution in [0.3, 0.4) is 0 Å². The van der Waals surface area contributed by atoms with Crippen molar-refractivity contribution >= 4 is 17.3 Å². The van der Waals surface area contributed by atoms with Gasteiger partial charge in [-0.15, -0.1) is 0 Å². The first-order valence-corrected chi connectivity index (χ1v) is 7.11. The van der Waals surface area contributed by atoms with E-state index in [9.17, 15) is 13.9 Å². The zero-order valence-electron chi connectivity index (χ0n) is 11.7. The van der Waals surface area contributed by atoms with Crippen molar-refractivity contribution in [1.29, 1.82) is 0 Å². The highest BCUT2D eigenvalue weighted by Gasteiger charge is 2.15. The van der Waals surface area contributed by atoms with E-state index in [2.05, 4.69) is 10.4 Å². The average Bonchev–Trinajstić information content (AvgIpc) is 2.98. The molecule has 0 saturated heterocycles. The summed E-state index contributed by atoms with van der Waals surface area (Å²) in [6, 6.07) is 10.00. The SMILES string of the molecule is OC(Nc1cnn(-c2ccccc2Cl)c1)c1cc(F)ccc1F. The van der Waals surface area contributed by atoms with E-state index in [1.807, 2.05) is 6.07 Å². The maximum absolute atomic E-state index is 13.6. The van der Waals surface area contributed by atoms with E-state index in [1.165, 1.54) is 10.9 Å². The van der Waals surface area contributed by atoms with Gasteiger partial charge in [0, 0.05) is 5.56 Å². The maximum Gasteiger partial charge on any atom is 0.153 e. The molecule has 1 unspecified atom stereocenters. The van der Waals surface area contributed by atoms with Gasteiger partial charge in [0.25, 0.3) is 0 Å².